The first-order valence-corrected chi connectivity index (χ1v) is 5.72. The number of aromatic nitrogens is 2. The number of hydrogen-bond donors (Lipinski definition) is 0. The highest BCUT2D eigenvalue weighted by Gasteiger charge is 2.13. The molecule has 2 rings (SSSR count). The van der Waals surface area contributed by atoms with Crippen LogP contribution >= 0.6 is 0 Å². The average Bonchev–Trinajstić information content (AvgIpc) is 2.66. The zero-order valence-electron chi connectivity index (χ0n) is 10.1. The van der Waals surface area contributed by atoms with Crippen LogP contribution in [0.5, 0.6) is 0 Å². The van der Waals surface area contributed by atoms with Gasteiger partial charge in [0.2, 0.25) is 0 Å². The molecule has 2 aromatic rings. The van der Waals surface area contributed by atoms with E-state index in [1.807, 2.05) is 12.1 Å². The van der Waals surface area contributed by atoms with E-state index in [0.717, 1.165) is 17.8 Å². The summed E-state index contributed by atoms with van der Waals surface area (Å²) >= 11 is 0. The summed E-state index contributed by atoms with van der Waals surface area (Å²) in [7, 11) is 1.71. The Morgan fingerprint density at radius 2 is 2.12 bits per heavy atom. The van der Waals surface area contributed by atoms with Crippen molar-refractivity contribution in [3.8, 4) is 0 Å². The highest BCUT2D eigenvalue weighted by atomic mass is 16.5. The maximum Gasteiger partial charge on any atom is 0.136 e. The van der Waals surface area contributed by atoms with Gasteiger partial charge in [-0.3, -0.25) is 0 Å². The van der Waals surface area contributed by atoms with Gasteiger partial charge in [0.25, 0.3) is 0 Å². The maximum atomic E-state index is 5.21. The third-order valence-corrected chi connectivity index (χ3v) is 2.97. The van der Waals surface area contributed by atoms with Gasteiger partial charge < -0.3 is 9.30 Å². The zero-order chi connectivity index (χ0) is 11.5. The summed E-state index contributed by atoms with van der Waals surface area (Å²) in [5.74, 6) is 1.01. The fourth-order valence-electron chi connectivity index (χ4n) is 2.00. The van der Waals surface area contributed by atoms with Crippen molar-refractivity contribution in [1.29, 1.82) is 0 Å². The summed E-state index contributed by atoms with van der Waals surface area (Å²) in [6, 6.07) is 8.70. The van der Waals surface area contributed by atoms with E-state index in [-0.39, 0.29) is 0 Å². The van der Waals surface area contributed by atoms with Gasteiger partial charge in [0.1, 0.15) is 12.4 Å². The second-order valence-corrected chi connectivity index (χ2v) is 4.08. The van der Waals surface area contributed by atoms with E-state index in [1.165, 1.54) is 5.52 Å². The number of para-hydroxylation sites is 2. The van der Waals surface area contributed by atoms with Crippen LogP contribution in [0.1, 0.15) is 32.1 Å². The van der Waals surface area contributed by atoms with Crippen molar-refractivity contribution in [3.63, 3.8) is 0 Å². The number of ether oxygens (including phenoxy) is 1. The predicted molar refractivity (Wildman–Crippen MR) is 65.4 cm³/mol. The monoisotopic (exact) mass is 218 g/mol. The number of fused-ring (bicyclic) bond motifs is 1. The Bertz CT molecular complexity index is 476. The Kier molecular flexibility index (Phi) is 3.25. The average molecular weight is 218 g/mol. The van der Waals surface area contributed by atoms with Gasteiger partial charge in [-0.25, -0.2) is 4.98 Å². The number of imidazole rings is 1. The van der Waals surface area contributed by atoms with Gasteiger partial charge in [-0.15, -0.1) is 0 Å². The molecular formula is C13H18N2O. The van der Waals surface area contributed by atoms with E-state index in [9.17, 15) is 0 Å². The standard InChI is InChI=1S/C13H18N2O/c1-4-10(2)15-12-8-6-5-7-11(12)14-13(15)9-16-3/h5-8,10H,4,9H2,1-3H3. The summed E-state index contributed by atoms with van der Waals surface area (Å²) < 4.78 is 7.49. The molecule has 1 atom stereocenters. The quantitative estimate of drug-likeness (QED) is 0.788. The van der Waals surface area contributed by atoms with Gasteiger partial charge in [0, 0.05) is 13.2 Å². The van der Waals surface area contributed by atoms with Crippen molar-refractivity contribution in [2.75, 3.05) is 7.11 Å². The molecule has 0 radical (unpaired) electrons. The molecule has 0 aliphatic rings. The van der Waals surface area contributed by atoms with Crippen molar-refractivity contribution in [1.82, 2.24) is 9.55 Å². The molecule has 1 heterocycles. The smallest absolute Gasteiger partial charge is 0.136 e. The van der Waals surface area contributed by atoms with Crippen LogP contribution in [0.25, 0.3) is 11.0 Å². The Morgan fingerprint density at radius 1 is 1.38 bits per heavy atom. The minimum absolute atomic E-state index is 0.456. The molecule has 0 bridgehead atoms. The number of hydrogen-bond acceptors (Lipinski definition) is 2. The molecule has 0 amide bonds. The van der Waals surface area contributed by atoms with Gasteiger partial charge in [0.05, 0.1) is 11.0 Å². The normalized spacial score (nSPS) is 13.2. The van der Waals surface area contributed by atoms with Gasteiger partial charge in [-0.2, -0.15) is 0 Å². The molecular weight excluding hydrogens is 200 g/mol. The lowest BCUT2D eigenvalue weighted by atomic mass is 10.2. The van der Waals surface area contributed by atoms with E-state index >= 15 is 0 Å². The fourth-order valence-corrected chi connectivity index (χ4v) is 2.00. The summed E-state index contributed by atoms with van der Waals surface area (Å²) in [6.45, 7) is 4.97. The largest absolute Gasteiger partial charge is 0.377 e. The van der Waals surface area contributed by atoms with Gasteiger partial charge in [0.15, 0.2) is 0 Å². The van der Waals surface area contributed by atoms with Crippen LogP contribution in [0.3, 0.4) is 0 Å². The number of nitrogens with zero attached hydrogens (tertiary/aromatic N) is 2. The van der Waals surface area contributed by atoms with Gasteiger partial charge in [-0.1, -0.05) is 19.1 Å². The molecule has 0 spiro atoms. The third kappa shape index (κ3) is 1.83. The summed E-state index contributed by atoms with van der Waals surface area (Å²) in [5, 5.41) is 0. The van der Waals surface area contributed by atoms with Crippen LogP contribution in [0.2, 0.25) is 0 Å². The maximum absolute atomic E-state index is 5.21. The van der Waals surface area contributed by atoms with Crippen molar-refractivity contribution >= 4 is 11.0 Å². The summed E-state index contributed by atoms with van der Waals surface area (Å²) in [5.41, 5.74) is 2.25. The number of methoxy groups -OCH3 is 1. The SMILES string of the molecule is CCC(C)n1c(COC)nc2ccccc21. The topological polar surface area (TPSA) is 27.1 Å². The first-order chi connectivity index (χ1) is 7.77. The zero-order valence-corrected chi connectivity index (χ0v) is 10.1. The molecule has 1 aromatic heterocycles. The first-order valence-electron chi connectivity index (χ1n) is 5.72. The molecule has 0 aliphatic heterocycles. The van der Waals surface area contributed by atoms with Crippen LogP contribution in [-0.4, -0.2) is 16.7 Å². The van der Waals surface area contributed by atoms with E-state index in [2.05, 4.69) is 35.5 Å². The lowest BCUT2D eigenvalue weighted by Crippen LogP contribution is -2.09. The van der Waals surface area contributed by atoms with Crippen LogP contribution in [-0.2, 0) is 11.3 Å². The molecule has 0 saturated carbocycles. The lowest BCUT2D eigenvalue weighted by Gasteiger charge is -2.15. The molecule has 0 aliphatic carbocycles. The Labute approximate surface area is 96.1 Å². The van der Waals surface area contributed by atoms with Crippen LogP contribution in [0.4, 0.5) is 0 Å². The lowest BCUT2D eigenvalue weighted by molar-refractivity contribution is 0.173. The highest BCUT2D eigenvalue weighted by Crippen LogP contribution is 2.23. The molecule has 16 heavy (non-hydrogen) atoms. The minimum atomic E-state index is 0.456. The summed E-state index contributed by atoms with van der Waals surface area (Å²) in [6.07, 6.45) is 1.09. The van der Waals surface area contributed by atoms with Crippen molar-refractivity contribution in [2.45, 2.75) is 32.9 Å². The van der Waals surface area contributed by atoms with Gasteiger partial charge >= 0.3 is 0 Å². The van der Waals surface area contributed by atoms with E-state index < -0.39 is 0 Å². The predicted octanol–water partition coefficient (Wildman–Crippen LogP) is 3.15. The Hall–Kier alpha value is -1.35. The minimum Gasteiger partial charge on any atom is -0.377 e. The Balaban J connectivity index is 2.59. The molecule has 1 unspecified atom stereocenters. The van der Waals surface area contributed by atoms with Crippen molar-refractivity contribution in [3.05, 3.63) is 30.1 Å². The molecule has 3 nitrogen and oxygen atoms in total. The van der Waals surface area contributed by atoms with Crippen LogP contribution in [0.15, 0.2) is 24.3 Å². The Morgan fingerprint density at radius 3 is 2.81 bits per heavy atom. The summed E-state index contributed by atoms with van der Waals surface area (Å²) in [4.78, 5) is 4.61. The number of rotatable bonds is 4. The van der Waals surface area contributed by atoms with E-state index in [4.69, 9.17) is 4.74 Å². The molecule has 3 heteroatoms. The van der Waals surface area contributed by atoms with E-state index in [1.54, 1.807) is 7.11 Å². The molecule has 86 valence electrons. The molecule has 0 fully saturated rings. The highest BCUT2D eigenvalue weighted by molar-refractivity contribution is 5.76. The van der Waals surface area contributed by atoms with Crippen LogP contribution < -0.4 is 0 Å². The first kappa shape index (κ1) is 11.1. The van der Waals surface area contributed by atoms with E-state index in [0.29, 0.717) is 12.6 Å². The van der Waals surface area contributed by atoms with Crippen molar-refractivity contribution < 1.29 is 4.74 Å². The fraction of sp³-hybridized carbons (Fsp3) is 0.462. The second kappa shape index (κ2) is 4.66. The second-order valence-electron chi connectivity index (χ2n) is 4.08. The molecule has 1 aromatic carbocycles. The molecule has 0 saturated heterocycles. The third-order valence-electron chi connectivity index (χ3n) is 2.97. The van der Waals surface area contributed by atoms with Crippen LogP contribution in [0, 0.1) is 0 Å². The van der Waals surface area contributed by atoms with Gasteiger partial charge in [-0.05, 0) is 25.5 Å². The van der Waals surface area contributed by atoms with Crippen molar-refractivity contribution in [2.24, 2.45) is 0 Å². The number of benzene rings is 1. The molecule has 0 N–H and O–H groups in total.